The first-order valence-corrected chi connectivity index (χ1v) is 51.1. The van der Waals surface area contributed by atoms with Crippen LogP contribution in [0.2, 0.25) is 0 Å². The molecular formula is C99H166N18O27S. The summed E-state index contributed by atoms with van der Waals surface area (Å²) in [4.78, 5) is 212. The van der Waals surface area contributed by atoms with Crippen molar-refractivity contribution in [2.75, 3.05) is 204 Å². The van der Waals surface area contributed by atoms with Crippen molar-refractivity contribution >= 4 is 117 Å². The average molecular weight is 2070 g/mol. The Hall–Kier alpha value is -10.8. The van der Waals surface area contributed by atoms with Crippen LogP contribution in [0.15, 0.2) is 58.5 Å². The predicted octanol–water partition coefficient (Wildman–Crippen LogP) is 1.90. The van der Waals surface area contributed by atoms with Crippen LogP contribution < -0.4 is 80.6 Å². The molecule has 820 valence electrons. The number of benzene rings is 2. The van der Waals surface area contributed by atoms with Gasteiger partial charge in [-0.25, -0.2) is 11.0 Å². The van der Waals surface area contributed by atoms with Gasteiger partial charge < -0.3 is 103 Å². The number of amides is 9. The number of aliphatic imine (C=N–C) groups is 2. The Morgan fingerprint density at radius 2 is 0.897 bits per heavy atom. The summed E-state index contributed by atoms with van der Waals surface area (Å²) in [5, 5.41) is 47.1. The lowest BCUT2D eigenvalue weighted by Gasteiger charge is -2.29. The lowest BCUT2D eigenvalue weighted by atomic mass is 9.81. The van der Waals surface area contributed by atoms with Gasteiger partial charge in [0.2, 0.25) is 53.2 Å². The topological polar surface area (TPSA) is 654 Å². The number of fused-ring (bicyclic) bond motifs is 22. The number of hydroxylamine groups is 2. The molecule has 2 aromatic rings. The van der Waals surface area contributed by atoms with Crippen LogP contribution in [0.25, 0.3) is 0 Å². The second-order valence-electron chi connectivity index (χ2n) is 36.3. The number of nitrogens with one attached hydrogen (secondary N) is 9. The molecule has 45 nitrogen and oxygen atoms in total. The van der Waals surface area contributed by atoms with Crippen molar-refractivity contribution < 1.29 is 130 Å². The molecule has 0 saturated carbocycles. The zero-order valence-corrected chi connectivity index (χ0v) is 87.5. The van der Waals surface area contributed by atoms with Crippen molar-refractivity contribution in [3.8, 4) is 11.5 Å². The van der Waals surface area contributed by atoms with E-state index in [0.717, 1.165) is 42.3 Å². The van der Waals surface area contributed by atoms with E-state index < -0.39 is 83.1 Å². The molecule has 1 fully saturated rings. The minimum absolute atomic E-state index is 0.0139. The van der Waals surface area contributed by atoms with E-state index >= 15 is 0 Å². The summed E-state index contributed by atoms with van der Waals surface area (Å²) in [6.07, 6.45) is 6.04. The van der Waals surface area contributed by atoms with Gasteiger partial charge in [0.25, 0.3) is 0 Å². The minimum Gasteiger partial charge on any atom is -0.494 e. The number of Topliss-reactive ketones (excluding diaryl/α,β-unsaturated/α-hetero) is 5. The number of nitrogens with zero attached hydrogens (tertiary/aromatic N) is 5. The molecule has 4 bridgehead atoms. The number of methoxy groups -OCH3 is 1. The van der Waals surface area contributed by atoms with Crippen molar-refractivity contribution in [2.24, 2.45) is 80.3 Å². The summed E-state index contributed by atoms with van der Waals surface area (Å²) in [6, 6.07) is 12.6. The fourth-order valence-corrected chi connectivity index (χ4v) is 16.0. The molecule has 0 unspecified atom stereocenters. The number of carboxylic acids is 1. The van der Waals surface area contributed by atoms with Crippen LogP contribution in [0.1, 0.15) is 182 Å². The van der Waals surface area contributed by atoms with Crippen LogP contribution in [0, 0.1) is 47.3 Å². The molecule has 145 heavy (non-hydrogen) atoms. The third-order valence-corrected chi connectivity index (χ3v) is 23.9. The van der Waals surface area contributed by atoms with E-state index in [-0.39, 0.29) is 191 Å². The third-order valence-electron chi connectivity index (χ3n) is 23.0. The van der Waals surface area contributed by atoms with E-state index in [1.54, 1.807) is 42.1 Å². The molecule has 0 radical (unpaired) electrons. The second-order valence-corrected chi connectivity index (χ2v) is 37.4. The van der Waals surface area contributed by atoms with Gasteiger partial charge in [0.1, 0.15) is 23.1 Å². The minimum atomic E-state index is -0.983. The van der Waals surface area contributed by atoms with Gasteiger partial charge in [-0.1, -0.05) is 77.6 Å². The zero-order valence-electron chi connectivity index (χ0n) is 86.6. The van der Waals surface area contributed by atoms with Gasteiger partial charge in [-0.2, -0.15) is 0 Å². The Morgan fingerprint density at radius 3 is 1.28 bits per heavy atom. The number of carbonyl (C=O) groups excluding carboxylic acids is 15. The highest BCUT2D eigenvalue weighted by Gasteiger charge is 2.40. The highest BCUT2D eigenvalue weighted by molar-refractivity contribution is 8.14. The van der Waals surface area contributed by atoms with E-state index in [4.69, 9.17) is 65.9 Å². The highest BCUT2D eigenvalue weighted by Crippen LogP contribution is 2.31. The SMILES string of the molecule is CCCOCCOCCNC(=O)CN1CCN(CC(C)=O)CCN(CC(=O)O)CC1.CCCOCCOCCOCCNC(=O)[C@H](CCCN=C(N)N)CC(=O)[C@@H]1Cc2ccc(cc2)OCCC[C@H](C(=O)NO)[C@@H](CC(C)C)C(=O)N1.CNC(=O)CCC(=O)CNC(=O)CCC(=O)CSC(C)=O.COCCNC(=O)[C@H](CCCN=C(N)N)CC(=O)[C@@H]1Cc2ccc(cc2)OCCC[C@H](C(=O)NO)[C@@H](CC(C)C)C(=O)N1. The molecule has 9 amide bonds. The second kappa shape index (κ2) is 79.4. The number of aliphatic carboxylic acids is 1. The summed E-state index contributed by atoms with van der Waals surface area (Å²) < 4.78 is 43.9. The van der Waals surface area contributed by atoms with Gasteiger partial charge in [0.05, 0.1) is 129 Å². The fraction of sp³-hybridized carbons (Fsp3) is 0.697. The molecule has 0 aliphatic carbocycles. The van der Waals surface area contributed by atoms with Crippen LogP contribution in [0.3, 0.4) is 0 Å². The number of carbonyl (C=O) groups is 16. The normalized spacial score (nSPS) is 17.4. The van der Waals surface area contributed by atoms with Crippen LogP contribution in [0.4, 0.5) is 0 Å². The molecular weight excluding hydrogens is 1910 g/mol. The number of ketones is 5. The first-order chi connectivity index (χ1) is 69.3. The van der Waals surface area contributed by atoms with Crippen molar-refractivity contribution in [3.05, 3.63) is 59.7 Å². The Bertz CT molecular complexity index is 4200. The molecule has 0 spiro atoms. The number of thioether (sulfide) groups is 1. The number of ether oxygens (including phenoxy) is 8. The summed E-state index contributed by atoms with van der Waals surface area (Å²) in [5.74, 6) is -8.84. The quantitative estimate of drug-likeness (QED) is 0.0148. The molecule has 1 saturated heterocycles. The van der Waals surface area contributed by atoms with Crippen molar-refractivity contribution in [2.45, 2.75) is 196 Å². The lowest BCUT2D eigenvalue weighted by Crippen LogP contribution is -2.49. The van der Waals surface area contributed by atoms with E-state index in [1.165, 1.54) is 21.1 Å². The molecule has 2 aromatic carbocycles. The first kappa shape index (κ1) is 130. The predicted molar refractivity (Wildman–Crippen MR) is 544 cm³/mol. The smallest absolute Gasteiger partial charge is 0.317 e. The summed E-state index contributed by atoms with van der Waals surface area (Å²) in [7, 11) is 3.01. The van der Waals surface area contributed by atoms with Crippen molar-refractivity contribution in [1.82, 2.24) is 62.9 Å². The largest absolute Gasteiger partial charge is 0.494 e. The van der Waals surface area contributed by atoms with Crippen LogP contribution >= 0.6 is 11.8 Å². The van der Waals surface area contributed by atoms with Crippen LogP contribution in [0.5, 0.6) is 11.5 Å². The van der Waals surface area contributed by atoms with Crippen LogP contribution in [-0.2, 0) is 118 Å². The van der Waals surface area contributed by atoms with Gasteiger partial charge in [-0.05, 0) is 144 Å². The number of guanidine groups is 2. The molecule has 5 aliphatic rings. The van der Waals surface area contributed by atoms with E-state index in [0.29, 0.717) is 201 Å². The number of hydrogen-bond acceptors (Lipinski definition) is 32. The van der Waals surface area contributed by atoms with Gasteiger partial charge in [0.15, 0.2) is 34.4 Å². The number of hydrogen-bond donors (Lipinski definition) is 16. The summed E-state index contributed by atoms with van der Waals surface area (Å²) in [6.45, 7) is 26.3. The zero-order chi connectivity index (χ0) is 108. The molecule has 7 rings (SSSR count). The monoisotopic (exact) mass is 2070 g/mol. The maximum atomic E-state index is 14.1. The lowest BCUT2D eigenvalue weighted by molar-refractivity contribution is -0.142. The Balaban J connectivity index is 0.000000685. The molecule has 5 heterocycles. The van der Waals surface area contributed by atoms with E-state index in [1.807, 2.05) is 73.6 Å². The number of nitrogens with two attached hydrogens (primary N) is 4. The standard InChI is InChI=1S/C36H60N6O9.C30H48N6O7.C20H38N4O6.C13H20N2O5S/c1-4-15-48-18-20-50-21-19-49-17-14-39-33(44)27(7-5-13-40-36(37)38)24-32(43)31-23-26-9-11-28(12-10-26)51-16-6-8-29(35(46)42-47)30(22-25(2)3)34(45)41-31;1-19(2)16-24-23(29(40)36-41)7-5-14-43-22-10-8-20(9-11-22)17-25(35-28(24)39)26(37)18-21(6-4-12-34-30(31)32)27(38)33-13-15-42-3;1-3-11-29-13-14-30-12-4-21-19(26)16-23-7-5-22(15-18(2)25)6-9-24(10-8-23)17-20(27)28;1-9(16)21-8-11(18)4-6-13(20)15-7-10(17)3-5-12(19)14-2/h9-12,25,27,29-31,47H,4-8,13-24H2,1-3H3,(H,39,44)(H,41,45)(H,42,46)(H4,37,38,40);8-11,19,21,23-25,41H,4-7,12-18H2,1-3H3,(H,33,38)(H,35,39)(H,36,40)(H4,31,32,34);3-17H2,1-2H3,(H,21,26)(H,27,28);3-8H2,1-2H3,(H,14,19)(H,15,20)/t27-,29+,30-,31+;21-,23+,24-,25+;;/m11../s1. The van der Waals surface area contributed by atoms with Crippen molar-refractivity contribution in [3.63, 3.8) is 0 Å². The fourth-order valence-electron chi connectivity index (χ4n) is 15.5. The molecule has 8 atom stereocenters. The molecule has 5 aliphatic heterocycles. The van der Waals surface area contributed by atoms with Gasteiger partial charge in [-0.3, -0.25) is 112 Å². The maximum Gasteiger partial charge on any atom is 0.317 e. The summed E-state index contributed by atoms with van der Waals surface area (Å²) in [5.41, 5.74) is 26.8. The van der Waals surface area contributed by atoms with Gasteiger partial charge in [0, 0.05) is 168 Å². The average Bonchev–Trinajstić information content (AvgIpc) is 1.46. The number of carboxylic acid groups (broad SMARTS) is 1. The molecule has 0 aromatic heterocycles. The molecule has 20 N–H and O–H groups in total. The van der Waals surface area contributed by atoms with E-state index in [9.17, 15) is 87.1 Å². The van der Waals surface area contributed by atoms with Gasteiger partial charge >= 0.3 is 5.97 Å². The number of rotatable bonds is 60. The third kappa shape index (κ3) is 63.4. The van der Waals surface area contributed by atoms with Gasteiger partial charge in [-0.15, -0.1) is 0 Å². The maximum absolute atomic E-state index is 14.1. The molecule has 46 heteroatoms. The van der Waals surface area contributed by atoms with Crippen molar-refractivity contribution in [1.29, 1.82) is 0 Å². The Morgan fingerprint density at radius 1 is 0.503 bits per heavy atom. The van der Waals surface area contributed by atoms with E-state index in [2.05, 4.69) is 54.1 Å². The van der Waals surface area contributed by atoms with Crippen LogP contribution in [-0.4, -0.2) is 351 Å². The Kier molecular flexibility index (Phi) is 71.4. The summed E-state index contributed by atoms with van der Waals surface area (Å²) >= 11 is 0.909. The Labute approximate surface area is 857 Å². The first-order valence-electron chi connectivity index (χ1n) is 50.2. The highest BCUT2D eigenvalue weighted by atomic mass is 32.2.